The molecule has 0 saturated carbocycles. The molecule has 1 atom stereocenters. The zero-order valence-electron chi connectivity index (χ0n) is 17.2. The van der Waals surface area contributed by atoms with Crippen molar-refractivity contribution in [3.05, 3.63) is 53.6 Å². The average molecular weight is 383 g/mol. The largest absolute Gasteiger partial charge is 0.497 e. The fourth-order valence-corrected chi connectivity index (χ4v) is 3.56. The van der Waals surface area contributed by atoms with E-state index in [2.05, 4.69) is 19.2 Å². The molecule has 1 N–H and O–H groups in total. The topological polar surface area (TPSA) is 56.8 Å². The summed E-state index contributed by atoms with van der Waals surface area (Å²) >= 11 is 0. The van der Waals surface area contributed by atoms with Crippen molar-refractivity contribution in [2.45, 2.75) is 51.7 Å². The number of ether oxygens (including phenoxy) is 3. The van der Waals surface area contributed by atoms with Crippen LogP contribution in [0.4, 0.5) is 0 Å². The molecule has 2 aromatic carbocycles. The lowest BCUT2D eigenvalue weighted by molar-refractivity contribution is -0.124. The summed E-state index contributed by atoms with van der Waals surface area (Å²) in [5.41, 5.74) is 1.65. The molecular formula is C23H29NO4. The van der Waals surface area contributed by atoms with Gasteiger partial charge in [0, 0.05) is 12.0 Å². The van der Waals surface area contributed by atoms with E-state index in [0.29, 0.717) is 12.3 Å². The highest BCUT2D eigenvalue weighted by Gasteiger charge is 2.35. The van der Waals surface area contributed by atoms with Crippen LogP contribution in [0.15, 0.2) is 42.5 Å². The third kappa shape index (κ3) is 4.58. The van der Waals surface area contributed by atoms with Gasteiger partial charge in [-0.1, -0.05) is 32.0 Å². The smallest absolute Gasteiger partial charge is 0.258 e. The summed E-state index contributed by atoms with van der Waals surface area (Å²) in [5, 5.41) is 3.10. The number of nitrogens with one attached hydrogen (secondary N) is 1. The first-order valence-corrected chi connectivity index (χ1v) is 9.67. The molecule has 0 bridgehead atoms. The first-order valence-electron chi connectivity index (χ1n) is 9.67. The molecule has 5 heteroatoms. The molecule has 5 nitrogen and oxygen atoms in total. The van der Waals surface area contributed by atoms with Crippen molar-refractivity contribution in [1.29, 1.82) is 0 Å². The number of hydrogen-bond donors (Lipinski definition) is 1. The van der Waals surface area contributed by atoms with Gasteiger partial charge in [-0.05, 0) is 49.6 Å². The van der Waals surface area contributed by atoms with E-state index in [1.165, 1.54) is 0 Å². The van der Waals surface area contributed by atoms with Crippen molar-refractivity contribution in [1.82, 2.24) is 5.32 Å². The van der Waals surface area contributed by atoms with E-state index in [0.717, 1.165) is 28.4 Å². The van der Waals surface area contributed by atoms with Gasteiger partial charge in [0.1, 0.15) is 22.8 Å². The predicted octanol–water partition coefficient (Wildman–Crippen LogP) is 4.62. The molecule has 1 heterocycles. The Hall–Kier alpha value is -2.69. The Morgan fingerprint density at radius 2 is 2.00 bits per heavy atom. The number of hydrogen-bond acceptors (Lipinski definition) is 4. The molecule has 2 aromatic rings. The van der Waals surface area contributed by atoms with Crippen LogP contribution in [0, 0.1) is 0 Å². The minimum absolute atomic E-state index is 0.0270. The summed E-state index contributed by atoms with van der Waals surface area (Å²) in [4.78, 5) is 12.6. The van der Waals surface area contributed by atoms with Gasteiger partial charge in [-0.3, -0.25) is 4.79 Å². The summed E-state index contributed by atoms with van der Waals surface area (Å²) in [7, 11) is 1.63. The molecule has 0 saturated heterocycles. The van der Waals surface area contributed by atoms with Crippen molar-refractivity contribution in [2.75, 3.05) is 13.7 Å². The maximum Gasteiger partial charge on any atom is 0.258 e. The summed E-state index contributed by atoms with van der Waals surface area (Å²) in [6.45, 7) is 8.23. The van der Waals surface area contributed by atoms with Crippen molar-refractivity contribution in [3.8, 4) is 17.2 Å². The molecule has 1 aliphatic heterocycles. The lowest BCUT2D eigenvalue weighted by Crippen LogP contribution is -2.42. The summed E-state index contributed by atoms with van der Waals surface area (Å²) in [6.07, 6.45) is 0.668. The van der Waals surface area contributed by atoms with Crippen LogP contribution in [0.5, 0.6) is 17.2 Å². The van der Waals surface area contributed by atoms with Gasteiger partial charge in [-0.25, -0.2) is 0 Å². The van der Waals surface area contributed by atoms with E-state index in [4.69, 9.17) is 14.2 Å². The first-order chi connectivity index (χ1) is 13.3. The molecule has 0 spiro atoms. The van der Waals surface area contributed by atoms with Crippen molar-refractivity contribution in [2.24, 2.45) is 0 Å². The van der Waals surface area contributed by atoms with Gasteiger partial charge in [0.05, 0.1) is 13.2 Å². The van der Waals surface area contributed by atoms with Gasteiger partial charge < -0.3 is 19.5 Å². The van der Waals surface area contributed by atoms with E-state index in [1.807, 2.05) is 56.3 Å². The minimum atomic E-state index is -0.370. The second-order valence-corrected chi connectivity index (χ2v) is 8.07. The number of rotatable bonds is 6. The second-order valence-electron chi connectivity index (χ2n) is 8.07. The molecule has 1 unspecified atom stereocenters. The number of para-hydroxylation sites is 1. The van der Waals surface area contributed by atoms with Gasteiger partial charge in [-0.2, -0.15) is 0 Å². The number of carbonyl (C=O) groups excluding carboxylic acids is 1. The molecular weight excluding hydrogens is 354 g/mol. The Morgan fingerprint density at radius 1 is 1.25 bits per heavy atom. The second kappa shape index (κ2) is 8.13. The van der Waals surface area contributed by atoms with Gasteiger partial charge in [0.2, 0.25) is 0 Å². The molecule has 28 heavy (non-hydrogen) atoms. The molecule has 0 aliphatic carbocycles. The maximum atomic E-state index is 12.6. The summed E-state index contributed by atoms with van der Waals surface area (Å²) in [6, 6.07) is 13.4. The van der Waals surface area contributed by atoms with E-state index in [-0.39, 0.29) is 24.2 Å². The molecule has 0 aromatic heterocycles. The van der Waals surface area contributed by atoms with Gasteiger partial charge in [-0.15, -0.1) is 0 Å². The van der Waals surface area contributed by atoms with E-state index < -0.39 is 0 Å². The van der Waals surface area contributed by atoms with Crippen LogP contribution in [-0.4, -0.2) is 25.2 Å². The van der Waals surface area contributed by atoms with E-state index in [9.17, 15) is 4.79 Å². The minimum Gasteiger partial charge on any atom is -0.497 e. The van der Waals surface area contributed by atoms with E-state index in [1.54, 1.807) is 7.11 Å². The van der Waals surface area contributed by atoms with Crippen LogP contribution >= 0.6 is 0 Å². The quantitative estimate of drug-likeness (QED) is 0.791. The highest BCUT2D eigenvalue weighted by molar-refractivity contribution is 5.78. The van der Waals surface area contributed by atoms with Crippen LogP contribution in [0.1, 0.15) is 57.2 Å². The van der Waals surface area contributed by atoms with Crippen LogP contribution < -0.4 is 19.5 Å². The standard InChI is InChI=1S/C23H29NO4/c1-15(2)17-8-6-7-9-20(17)27-14-22(25)24-19-13-23(3,4)28-21-11-10-16(26-5)12-18(19)21/h6-12,15,19H,13-14H2,1-5H3,(H,24,25). The maximum absolute atomic E-state index is 12.6. The SMILES string of the molecule is COc1ccc2c(c1)C(NC(=O)COc1ccccc1C(C)C)CC(C)(C)O2. The van der Waals surface area contributed by atoms with Crippen molar-refractivity contribution >= 4 is 5.91 Å². The molecule has 150 valence electrons. The Morgan fingerprint density at radius 3 is 2.71 bits per heavy atom. The van der Waals surface area contributed by atoms with Crippen molar-refractivity contribution < 1.29 is 19.0 Å². The Kier molecular flexibility index (Phi) is 5.82. The third-order valence-electron chi connectivity index (χ3n) is 4.91. The van der Waals surface area contributed by atoms with Gasteiger partial charge in [0.15, 0.2) is 6.61 Å². The van der Waals surface area contributed by atoms with E-state index >= 15 is 0 Å². The number of methoxy groups -OCH3 is 1. The fourth-order valence-electron chi connectivity index (χ4n) is 3.56. The number of benzene rings is 2. The lowest BCUT2D eigenvalue weighted by Gasteiger charge is -2.38. The molecule has 1 amide bonds. The van der Waals surface area contributed by atoms with Gasteiger partial charge >= 0.3 is 0 Å². The monoisotopic (exact) mass is 383 g/mol. The first kappa shape index (κ1) is 20.1. The van der Waals surface area contributed by atoms with Crippen LogP contribution in [0.2, 0.25) is 0 Å². The number of carbonyl (C=O) groups is 1. The molecule has 1 aliphatic rings. The summed E-state index contributed by atoms with van der Waals surface area (Å²) in [5.74, 6) is 2.43. The summed E-state index contributed by atoms with van der Waals surface area (Å²) < 4.78 is 17.2. The lowest BCUT2D eigenvalue weighted by atomic mass is 9.89. The molecule has 3 rings (SSSR count). The zero-order chi connectivity index (χ0) is 20.3. The number of fused-ring (bicyclic) bond motifs is 1. The Bertz CT molecular complexity index is 844. The van der Waals surface area contributed by atoms with Crippen LogP contribution in [0.25, 0.3) is 0 Å². The Labute approximate surface area is 167 Å². The highest BCUT2D eigenvalue weighted by Crippen LogP contribution is 2.41. The Balaban J connectivity index is 1.72. The molecule has 0 fully saturated rings. The highest BCUT2D eigenvalue weighted by atomic mass is 16.5. The van der Waals surface area contributed by atoms with Gasteiger partial charge in [0.25, 0.3) is 5.91 Å². The third-order valence-corrected chi connectivity index (χ3v) is 4.91. The normalized spacial score (nSPS) is 17.4. The predicted molar refractivity (Wildman–Crippen MR) is 109 cm³/mol. The molecule has 0 radical (unpaired) electrons. The fraction of sp³-hybridized carbons (Fsp3) is 0.435. The zero-order valence-corrected chi connectivity index (χ0v) is 17.2. The number of amides is 1. The van der Waals surface area contributed by atoms with Crippen LogP contribution in [-0.2, 0) is 4.79 Å². The van der Waals surface area contributed by atoms with Crippen LogP contribution in [0.3, 0.4) is 0 Å². The van der Waals surface area contributed by atoms with Crippen molar-refractivity contribution in [3.63, 3.8) is 0 Å². The average Bonchev–Trinajstić information content (AvgIpc) is 2.65.